The van der Waals surface area contributed by atoms with Gasteiger partial charge in [-0.3, -0.25) is 4.79 Å². The van der Waals surface area contributed by atoms with Crippen molar-refractivity contribution in [1.29, 1.82) is 0 Å². The number of hydrogen-bond donors (Lipinski definition) is 3. The molecule has 1 amide bonds. The number of ether oxygens (including phenoxy) is 1. The van der Waals surface area contributed by atoms with Gasteiger partial charge in [-0.1, -0.05) is 11.6 Å². The number of amides is 1. The molecule has 0 saturated heterocycles. The number of benzene rings is 2. The van der Waals surface area contributed by atoms with Crippen molar-refractivity contribution in [2.45, 2.75) is 0 Å². The molecule has 0 saturated carbocycles. The van der Waals surface area contributed by atoms with Gasteiger partial charge in [0, 0.05) is 14.7 Å². The number of carbonyl (C=O) groups is 1. The molecule has 108 valence electrons. The maximum Gasteiger partial charge on any atom is 0.262 e. The molecular formula is C14H11ClIN3O2. The van der Waals surface area contributed by atoms with Crippen LogP contribution in [0.4, 0.5) is 22.7 Å². The van der Waals surface area contributed by atoms with Crippen molar-refractivity contribution in [2.24, 2.45) is 0 Å². The van der Waals surface area contributed by atoms with Gasteiger partial charge in [-0.05, 0) is 46.9 Å². The van der Waals surface area contributed by atoms with E-state index in [2.05, 4.69) is 33.2 Å². The minimum atomic E-state index is -0.181. The van der Waals surface area contributed by atoms with E-state index >= 15 is 0 Å². The van der Waals surface area contributed by atoms with Crippen molar-refractivity contribution in [2.75, 3.05) is 23.0 Å². The van der Waals surface area contributed by atoms with Crippen molar-refractivity contribution in [3.8, 4) is 5.75 Å². The Bertz CT molecular complexity index is 736. The molecule has 3 rings (SSSR count). The molecule has 4 N–H and O–H groups in total. The fourth-order valence-electron chi connectivity index (χ4n) is 1.99. The van der Waals surface area contributed by atoms with Crippen LogP contribution in [0, 0.1) is 3.57 Å². The van der Waals surface area contributed by atoms with Crippen LogP contribution < -0.4 is 21.1 Å². The molecule has 7 heteroatoms. The van der Waals surface area contributed by atoms with Gasteiger partial charge in [-0.25, -0.2) is 0 Å². The Balaban J connectivity index is 1.95. The van der Waals surface area contributed by atoms with Gasteiger partial charge in [-0.2, -0.15) is 0 Å². The van der Waals surface area contributed by atoms with Crippen LogP contribution >= 0.6 is 34.2 Å². The summed E-state index contributed by atoms with van der Waals surface area (Å²) in [6, 6.07) is 8.97. The number of anilines is 4. The van der Waals surface area contributed by atoms with E-state index in [0.29, 0.717) is 27.8 Å². The van der Waals surface area contributed by atoms with Crippen molar-refractivity contribution >= 4 is 62.8 Å². The Hall–Kier alpha value is -1.67. The van der Waals surface area contributed by atoms with Crippen LogP contribution in [0.15, 0.2) is 30.3 Å². The van der Waals surface area contributed by atoms with Gasteiger partial charge in [0.1, 0.15) is 5.75 Å². The van der Waals surface area contributed by atoms with Crippen molar-refractivity contribution < 1.29 is 9.53 Å². The van der Waals surface area contributed by atoms with E-state index in [1.165, 1.54) is 0 Å². The second-order valence-corrected chi connectivity index (χ2v) is 6.12. The third kappa shape index (κ3) is 3.01. The number of nitrogens with two attached hydrogens (primary N) is 1. The summed E-state index contributed by atoms with van der Waals surface area (Å²) in [5.74, 6) is 0.391. The lowest BCUT2D eigenvalue weighted by molar-refractivity contribution is -0.118. The Labute approximate surface area is 139 Å². The molecule has 0 aliphatic carbocycles. The smallest absolute Gasteiger partial charge is 0.262 e. The van der Waals surface area contributed by atoms with E-state index in [1.807, 2.05) is 12.1 Å². The zero-order valence-electron chi connectivity index (χ0n) is 10.7. The summed E-state index contributed by atoms with van der Waals surface area (Å²) < 4.78 is 6.29. The first-order chi connectivity index (χ1) is 10.0. The maximum atomic E-state index is 11.4. The molecule has 0 atom stereocenters. The van der Waals surface area contributed by atoms with Gasteiger partial charge in [0.2, 0.25) is 0 Å². The highest BCUT2D eigenvalue weighted by Gasteiger charge is 2.18. The number of nitrogens with one attached hydrogen (secondary N) is 2. The predicted molar refractivity (Wildman–Crippen MR) is 92.4 cm³/mol. The Morgan fingerprint density at radius 2 is 2.10 bits per heavy atom. The van der Waals surface area contributed by atoms with Crippen LogP contribution in [0.3, 0.4) is 0 Å². The van der Waals surface area contributed by atoms with E-state index in [-0.39, 0.29) is 12.5 Å². The topological polar surface area (TPSA) is 76.4 Å². The van der Waals surface area contributed by atoms with Crippen LogP contribution in [-0.4, -0.2) is 12.5 Å². The molecule has 0 unspecified atom stereocenters. The first-order valence-electron chi connectivity index (χ1n) is 6.11. The summed E-state index contributed by atoms with van der Waals surface area (Å²) in [4.78, 5) is 11.4. The van der Waals surface area contributed by atoms with Crippen LogP contribution in [-0.2, 0) is 4.79 Å². The van der Waals surface area contributed by atoms with Gasteiger partial charge in [0.25, 0.3) is 5.91 Å². The molecule has 0 fully saturated rings. The fraction of sp³-hybridized carbons (Fsp3) is 0.0714. The van der Waals surface area contributed by atoms with Gasteiger partial charge in [-0.15, -0.1) is 0 Å². The lowest BCUT2D eigenvalue weighted by Gasteiger charge is -2.20. The predicted octanol–water partition coefficient (Wildman–Crippen LogP) is 3.60. The molecule has 2 aromatic rings. The minimum Gasteiger partial charge on any atom is -0.482 e. The van der Waals surface area contributed by atoms with Crippen LogP contribution in [0.1, 0.15) is 0 Å². The van der Waals surface area contributed by atoms with Crippen LogP contribution in [0.2, 0.25) is 5.02 Å². The zero-order valence-corrected chi connectivity index (χ0v) is 13.7. The molecule has 1 heterocycles. The molecule has 0 bridgehead atoms. The van der Waals surface area contributed by atoms with Gasteiger partial charge in [0.05, 0.1) is 22.7 Å². The van der Waals surface area contributed by atoms with E-state index in [4.69, 9.17) is 22.1 Å². The molecule has 21 heavy (non-hydrogen) atoms. The highest BCUT2D eigenvalue weighted by Crippen LogP contribution is 2.37. The van der Waals surface area contributed by atoms with Crippen LogP contribution in [0.25, 0.3) is 0 Å². The molecule has 0 radical (unpaired) electrons. The minimum absolute atomic E-state index is 0.00823. The normalized spacial score (nSPS) is 13.1. The zero-order chi connectivity index (χ0) is 15.0. The average Bonchev–Trinajstić information content (AvgIpc) is 2.43. The number of rotatable bonds is 2. The van der Waals surface area contributed by atoms with Gasteiger partial charge in [0.15, 0.2) is 6.61 Å². The van der Waals surface area contributed by atoms with E-state index in [1.54, 1.807) is 18.2 Å². The Kier molecular flexibility index (Phi) is 3.81. The fourth-order valence-corrected chi connectivity index (χ4v) is 2.99. The van der Waals surface area contributed by atoms with Crippen molar-refractivity contribution in [1.82, 2.24) is 0 Å². The summed E-state index contributed by atoms with van der Waals surface area (Å²) >= 11 is 8.13. The Morgan fingerprint density at radius 1 is 1.29 bits per heavy atom. The molecule has 2 aromatic carbocycles. The first-order valence-corrected chi connectivity index (χ1v) is 7.57. The van der Waals surface area contributed by atoms with E-state index in [9.17, 15) is 4.79 Å². The van der Waals surface area contributed by atoms with Crippen molar-refractivity contribution in [3.63, 3.8) is 0 Å². The lowest BCUT2D eigenvalue weighted by Crippen LogP contribution is -2.25. The maximum absolute atomic E-state index is 11.4. The summed E-state index contributed by atoms with van der Waals surface area (Å²) in [7, 11) is 0. The summed E-state index contributed by atoms with van der Waals surface area (Å²) in [5.41, 5.74) is 8.74. The quantitative estimate of drug-likeness (QED) is 0.517. The number of nitrogen functional groups attached to an aromatic ring is 1. The molecule has 5 nitrogen and oxygen atoms in total. The summed E-state index contributed by atoms with van der Waals surface area (Å²) in [6.45, 7) is 0.00823. The second kappa shape index (κ2) is 5.61. The van der Waals surface area contributed by atoms with Crippen LogP contribution in [0.5, 0.6) is 5.75 Å². The molecule has 0 aromatic heterocycles. The standard InChI is InChI=1S/C14H11ClIN3O2/c15-7-1-2-10(8(16)3-7)18-11-5-12-13(4-9(11)17)21-6-14(20)19-12/h1-5,18H,6,17H2,(H,19,20). The molecule has 0 spiro atoms. The Morgan fingerprint density at radius 3 is 2.86 bits per heavy atom. The molecule has 1 aliphatic heterocycles. The van der Waals surface area contributed by atoms with E-state index < -0.39 is 0 Å². The lowest BCUT2D eigenvalue weighted by atomic mass is 10.2. The summed E-state index contributed by atoms with van der Waals surface area (Å²) in [6.07, 6.45) is 0. The highest BCUT2D eigenvalue weighted by molar-refractivity contribution is 14.1. The first kappa shape index (κ1) is 14.3. The second-order valence-electron chi connectivity index (χ2n) is 4.52. The third-order valence-corrected chi connectivity index (χ3v) is 4.11. The summed E-state index contributed by atoms with van der Waals surface area (Å²) in [5, 5.41) is 6.66. The number of fused-ring (bicyclic) bond motifs is 1. The number of hydrogen-bond acceptors (Lipinski definition) is 4. The number of halogens is 2. The van der Waals surface area contributed by atoms with Gasteiger partial charge < -0.3 is 21.1 Å². The molecule has 1 aliphatic rings. The SMILES string of the molecule is Nc1cc2c(cc1Nc1ccc(Cl)cc1I)NC(=O)CO2. The van der Waals surface area contributed by atoms with Gasteiger partial charge >= 0.3 is 0 Å². The largest absolute Gasteiger partial charge is 0.482 e. The average molecular weight is 416 g/mol. The highest BCUT2D eigenvalue weighted by atomic mass is 127. The van der Waals surface area contributed by atoms with E-state index in [0.717, 1.165) is 9.26 Å². The molecular weight excluding hydrogens is 405 g/mol. The van der Waals surface area contributed by atoms with Crippen molar-refractivity contribution in [3.05, 3.63) is 38.9 Å². The number of carbonyl (C=O) groups excluding carboxylic acids is 1. The third-order valence-electron chi connectivity index (χ3n) is 2.99. The monoisotopic (exact) mass is 415 g/mol.